The van der Waals surface area contributed by atoms with Crippen LogP contribution >= 0.6 is 0 Å². The van der Waals surface area contributed by atoms with Crippen molar-refractivity contribution in [1.82, 2.24) is 10.6 Å². The number of nitrogens with two attached hydrogens (primary N) is 1. The smallest absolute Gasteiger partial charge is 0.310 e. The largest absolute Gasteiger partial charge is 0.504 e. The number of hydrogen-bond donors (Lipinski definition) is 4. The van der Waals surface area contributed by atoms with E-state index in [1.807, 2.05) is 18.2 Å². The highest BCUT2D eigenvalue weighted by Gasteiger charge is 2.53. The summed E-state index contributed by atoms with van der Waals surface area (Å²) in [5, 5.41) is 17.3. The standard InChI is InChI=1S/C35H49N3O7/c1-22-16-23(17-29(42-2)34(22)40)31-24-18-27-28(45-21-44-27)19-25(24)33(26-20-43-35(41)32(26)31)38-30(39)12-8-11-15-37-14-10-7-5-3-4-6-9-13-36/h16-19,26,31-33,37,40H,3-15,20-21,36H2,1-2H3,(H,38,39)/t26-,31?,32-,33+/m0/s1. The summed E-state index contributed by atoms with van der Waals surface area (Å²) in [5.41, 5.74) is 8.79. The van der Waals surface area contributed by atoms with E-state index in [0.29, 0.717) is 29.2 Å². The number of methoxy groups -OCH3 is 1. The highest BCUT2D eigenvalue weighted by Crippen LogP contribution is 2.55. The van der Waals surface area contributed by atoms with Crippen molar-refractivity contribution in [3.05, 3.63) is 46.5 Å². The molecule has 1 amide bonds. The fraction of sp³-hybridized carbons (Fsp3) is 0.600. The monoisotopic (exact) mass is 623 g/mol. The Hall–Kier alpha value is -3.50. The Labute approximate surface area is 266 Å². The van der Waals surface area contributed by atoms with E-state index in [0.717, 1.165) is 55.6 Å². The van der Waals surface area contributed by atoms with Crippen molar-refractivity contribution < 1.29 is 33.6 Å². The maximum absolute atomic E-state index is 13.3. The lowest BCUT2D eigenvalue weighted by Crippen LogP contribution is -2.42. The van der Waals surface area contributed by atoms with Crippen molar-refractivity contribution in [3.63, 3.8) is 0 Å². The van der Waals surface area contributed by atoms with Crippen LogP contribution in [0.1, 0.15) is 98.4 Å². The highest BCUT2D eigenvalue weighted by molar-refractivity contribution is 5.81. The number of benzene rings is 2. The third-order valence-corrected chi connectivity index (χ3v) is 9.44. The molecular formula is C35H49N3O7. The molecule has 1 saturated heterocycles. The molecule has 10 nitrogen and oxygen atoms in total. The van der Waals surface area contributed by atoms with Gasteiger partial charge in [0.15, 0.2) is 23.0 Å². The lowest BCUT2D eigenvalue weighted by Gasteiger charge is -2.39. The number of aromatic hydroxyl groups is 1. The highest BCUT2D eigenvalue weighted by atomic mass is 16.7. The summed E-state index contributed by atoms with van der Waals surface area (Å²) in [4.78, 5) is 26.6. The number of nitrogens with one attached hydrogen (secondary N) is 2. The zero-order valence-corrected chi connectivity index (χ0v) is 26.7. The second kappa shape index (κ2) is 15.7. The lowest BCUT2D eigenvalue weighted by molar-refractivity contribution is -0.141. The number of amides is 1. The van der Waals surface area contributed by atoms with Crippen molar-refractivity contribution in [3.8, 4) is 23.0 Å². The van der Waals surface area contributed by atoms with Crippen molar-refractivity contribution in [2.24, 2.45) is 17.6 Å². The number of phenolic OH excluding ortho intramolecular Hbond substituents is 1. The Morgan fingerprint density at radius 1 is 0.933 bits per heavy atom. The molecule has 45 heavy (non-hydrogen) atoms. The number of phenols is 1. The molecule has 0 aromatic heterocycles. The van der Waals surface area contributed by atoms with E-state index in [1.54, 1.807) is 13.0 Å². The van der Waals surface area contributed by atoms with Gasteiger partial charge in [-0.3, -0.25) is 9.59 Å². The Morgan fingerprint density at radius 3 is 2.31 bits per heavy atom. The van der Waals surface area contributed by atoms with Gasteiger partial charge in [-0.1, -0.05) is 38.2 Å². The number of hydrogen-bond acceptors (Lipinski definition) is 9. The summed E-state index contributed by atoms with van der Waals surface area (Å²) in [7, 11) is 1.51. The maximum atomic E-state index is 13.3. The minimum atomic E-state index is -0.521. The molecule has 1 aliphatic carbocycles. The van der Waals surface area contributed by atoms with E-state index in [1.165, 1.54) is 45.6 Å². The van der Waals surface area contributed by atoms with Gasteiger partial charge in [-0.15, -0.1) is 0 Å². The Kier molecular flexibility index (Phi) is 11.5. The van der Waals surface area contributed by atoms with Gasteiger partial charge in [0.2, 0.25) is 12.7 Å². The van der Waals surface area contributed by atoms with Crippen LogP contribution in [0.3, 0.4) is 0 Å². The fourth-order valence-corrected chi connectivity index (χ4v) is 7.04. The summed E-state index contributed by atoms with van der Waals surface area (Å²) in [5.74, 6) is 0.130. The summed E-state index contributed by atoms with van der Waals surface area (Å²) in [6.45, 7) is 4.83. The van der Waals surface area contributed by atoms with Crippen molar-refractivity contribution in [2.45, 2.75) is 83.1 Å². The van der Waals surface area contributed by atoms with Crippen molar-refractivity contribution in [1.29, 1.82) is 0 Å². The van der Waals surface area contributed by atoms with Gasteiger partial charge in [-0.05, 0) is 92.7 Å². The molecule has 1 unspecified atom stereocenters. The molecule has 2 aliphatic heterocycles. The average molecular weight is 624 g/mol. The number of rotatable bonds is 17. The SMILES string of the molecule is COc1cc(C2c3cc4c(cc3[C@@H](NC(=O)CCCCNCCCCCCCCCN)[C@H]3COC(=O)[C@H]23)OCO4)cc(C)c1O. The number of esters is 1. The maximum Gasteiger partial charge on any atom is 0.310 e. The van der Waals surface area contributed by atoms with Gasteiger partial charge in [-0.2, -0.15) is 0 Å². The number of unbranched alkanes of at least 4 members (excludes halogenated alkanes) is 7. The predicted octanol–water partition coefficient (Wildman–Crippen LogP) is 4.98. The molecule has 246 valence electrons. The van der Waals surface area contributed by atoms with Crippen LogP contribution in [0.4, 0.5) is 0 Å². The fourth-order valence-electron chi connectivity index (χ4n) is 7.04. The van der Waals surface area contributed by atoms with Crippen LogP contribution in [0.5, 0.6) is 23.0 Å². The minimum Gasteiger partial charge on any atom is -0.504 e. The van der Waals surface area contributed by atoms with E-state index in [-0.39, 0.29) is 42.9 Å². The zero-order valence-electron chi connectivity index (χ0n) is 26.7. The average Bonchev–Trinajstić information content (AvgIpc) is 3.66. The summed E-state index contributed by atoms with van der Waals surface area (Å²) >= 11 is 0. The summed E-state index contributed by atoms with van der Waals surface area (Å²) in [6, 6.07) is 7.11. The van der Waals surface area contributed by atoms with Gasteiger partial charge in [0.1, 0.15) is 0 Å². The number of cyclic esters (lactones) is 1. The van der Waals surface area contributed by atoms with Crippen LogP contribution in [0, 0.1) is 18.8 Å². The topological polar surface area (TPSA) is 141 Å². The third-order valence-electron chi connectivity index (χ3n) is 9.44. The van der Waals surface area contributed by atoms with Gasteiger partial charge < -0.3 is 40.4 Å². The predicted molar refractivity (Wildman–Crippen MR) is 171 cm³/mol. The van der Waals surface area contributed by atoms with Crippen molar-refractivity contribution >= 4 is 11.9 Å². The molecule has 2 heterocycles. The molecule has 1 fully saturated rings. The van der Waals surface area contributed by atoms with E-state index in [2.05, 4.69) is 10.6 Å². The number of aryl methyl sites for hydroxylation is 1. The van der Waals surface area contributed by atoms with Crippen LogP contribution in [-0.2, 0) is 14.3 Å². The molecule has 0 saturated carbocycles. The molecular weight excluding hydrogens is 574 g/mol. The first kappa shape index (κ1) is 32.9. The van der Waals surface area contributed by atoms with Crippen LogP contribution < -0.4 is 30.6 Å². The molecule has 10 heteroatoms. The quantitative estimate of drug-likeness (QED) is 0.142. The van der Waals surface area contributed by atoms with Gasteiger partial charge in [-0.25, -0.2) is 0 Å². The summed E-state index contributed by atoms with van der Waals surface area (Å²) < 4.78 is 22.5. The lowest BCUT2D eigenvalue weighted by atomic mass is 9.65. The number of carbonyl (C=O) groups excluding carboxylic acids is 2. The number of fused-ring (bicyclic) bond motifs is 3. The van der Waals surface area contributed by atoms with E-state index >= 15 is 0 Å². The third kappa shape index (κ3) is 7.66. The summed E-state index contributed by atoms with van der Waals surface area (Å²) in [6.07, 6.45) is 10.7. The Morgan fingerprint density at radius 2 is 1.60 bits per heavy atom. The minimum absolute atomic E-state index is 0.0445. The number of ether oxygens (including phenoxy) is 4. The van der Waals surface area contributed by atoms with Gasteiger partial charge in [0, 0.05) is 18.3 Å². The first-order chi connectivity index (χ1) is 21.9. The first-order valence-corrected chi connectivity index (χ1v) is 16.6. The second-order valence-electron chi connectivity index (χ2n) is 12.5. The van der Waals surface area contributed by atoms with Crippen LogP contribution in [0.25, 0.3) is 0 Å². The van der Waals surface area contributed by atoms with E-state index in [9.17, 15) is 14.7 Å². The number of carbonyl (C=O) groups is 2. The molecule has 4 atom stereocenters. The molecule has 0 bridgehead atoms. The molecule has 5 N–H and O–H groups in total. The van der Waals surface area contributed by atoms with Gasteiger partial charge in [0.05, 0.1) is 25.7 Å². The normalized spacial score (nSPS) is 21.3. The van der Waals surface area contributed by atoms with E-state index < -0.39 is 12.0 Å². The van der Waals surface area contributed by atoms with E-state index in [4.69, 9.17) is 24.7 Å². The van der Waals surface area contributed by atoms with Crippen molar-refractivity contribution in [2.75, 3.05) is 40.1 Å². The second-order valence-corrected chi connectivity index (χ2v) is 12.5. The molecule has 2 aromatic carbocycles. The van der Waals surface area contributed by atoms with Gasteiger partial charge in [0.25, 0.3) is 0 Å². The van der Waals surface area contributed by atoms with Crippen LogP contribution in [0.15, 0.2) is 24.3 Å². The molecule has 2 aromatic rings. The van der Waals surface area contributed by atoms with Gasteiger partial charge >= 0.3 is 5.97 Å². The Balaban J connectivity index is 1.22. The molecule has 3 aliphatic rings. The molecule has 0 radical (unpaired) electrons. The molecule has 5 rings (SSSR count). The first-order valence-electron chi connectivity index (χ1n) is 16.6. The molecule has 0 spiro atoms. The Bertz CT molecular complexity index is 1330. The van der Waals surface area contributed by atoms with Crippen LogP contribution in [-0.4, -0.2) is 57.1 Å². The van der Waals surface area contributed by atoms with Crippen LogP contribution in [0.2, 0.25) is 0 Å². The zero-order chi connectivity index (χ0) is 31.8.